The standard InChI is InChI=1S/C30H37N9O3S/c1-20(2)25-28-35-26(21-9-5-4-6-10-21)36-39(28)17-16-37(30(42)22-19-32-38-15-8-13-31-27(22)38)14-7-11-24(40)33-23(12-18-43-3)29(41)34-25/h4-6,8-10,13,15,19-20,23,25H,7,11-12,14,16-18H2,1-3H3,(H,33,40)(H,34,41)/t23-,25+/m0/s1. The number of nitrogens with zero attached hydrogens (tertiary/aromatic N) is 7. The third-order valence-electron chi connectivity index (χ3n) is 7.45. The first-order chi connectivity index (χ1) is 20.9. The predicted molar refractivity (Wildman–Crippen MR) is 164 cm³/mol. The van der Waals surface area contributed by atoms with Crippen LogP contribution in [0.3, 0.4) is 0 Å². The summed E-state index contributed by atoms with van der Waals surface area (Å²) in [7, 11) is 0. The van der Waals surface area contributed by atoms with Crippen LogP contribution in [0.2, 0.25) is 0 Å². The zero-order valence-electron chi connectivity index (χ0n) is 24.6. The van der Waals surface area contributed by atoms with E-state index in [1.165, 1.54) is 6.20 Å². The Morgan fingerprint density at radius 2 is 1.91 bits per heavy atom. The van der Waals surface area contributed by atoms with Crippen molar-refractivity contribution in [3.05, 3.63) is 66.4 Å². The van der Waals surface area contributed by atoms with Gasteiger partial charge in [0.05, 0.1) is 18.8 Å². The molecular weight excluding hydrogens is 566 g/mol. The number of fused-ring (bicyclic) bond motifs is 2. The number of nitrogens with one attached hydrogen (secondary N) is 2. The summed E-state index contributed by atoms with van der Waals surface area (Å²) < 4.78 is 3.36. The molecule has 2 N–H and O–H groups in total. The van der Waals surface area contributed by atoms with E-state index in [0.717, 1.165) is 11.3 Å². The van der Waals surface area contributed by atoms with Crippen molar-refractivity contribution in [2.45, 2.75) is 51.7 Å². The van der Waals surface area contributed by atoms with Crippen LogP contribution in [-0.4, -0.2) is 83.1 Å². The average Bonchev–Trinajstić information content (AvgIpc) is 3.64. The quantitative estimate of drug-likeness (QED) is 0.343. The van der Waals surface area contributed by atoms with Crippen LogP contribution >= 0.6 is 11.8 Å². The molecule has 13 heteroatoms. The van der Waals surface area contributed by atoms with Gasteiger partial charge in [-0.25, -0.2) is 19.2 Å². The van der Waals surface area contributed by atoms with E-state index in [0.29, 0.717) is 55.3 Å². The minimum atomic E-state index is -0.684. The van der Waals surface area contributed by atoms with Crippen molar-refractivity contribution in [3.63, 3.8) is 0 Å². The average molecular weight is 604 g/mol. The van der Waals surface area contributed by atoms with Crippen LogP contribution in [0.5, 0.6) is 0 Å². The molecule has 1 aromatic carbocycles. The molecule has 0 fully saturated rings. The maximum absolute atomic E-state index is 13.8. The van der Waals surface area contributed by atoms with Crippen LogP contribution in [0.15, 0.2) is 55.0 Å². The molecular formula is C30H37N9O3S. The van der Waals surface area contributed by atoms with Crippen LogP contribution in [0.4, 0.5) is 0 Å². The van der Waals surface area contributed by atoms with E-state index in [9.17, 15) is 14.4 Å². The van der Waals surface area contributed by atoms with Crippen LogP contribution in [0.1, 0.15) is 55.3 Å². The number of aromatic nitrogens is 6. The number of amides is 3. The fourth-order valence-corrected chi connectivity index (χ4v) is 5.59. The van der Waals surface area contributed by atoms with E-state index < -0.39 is 12.1 Å². The van der Waals surface area contributed by atoms with E-state index in [4.69, 9.17) is 10.1 Å². The largest absolute Gasteiger partial charge is 0.344 e. The van der Waals surface area contributed by atoms with Gasteiger partial charge in [0.15, 0.2) is 17.3 Å². The smallest absolute Gasteiger partial charge is 0.259 e. The number of carbonyl (C=O) groups is 3. The molecule has 3 amide bonds. The van der Waals surface area contributed by atoms with E-state index in [1.54, 1.807) is 44.3 Å². The molecule has 4 aromatic rings. The third-order valence-corrected chi connectivity index (χ3v) is 8.09. The fraction of sp³-hybridized carbons (Fsp3) is 0.433. The molecule has 0 radical (unpaired) electrons. The van der Waals surface area contributed by atoms with Crippen molar-refractivity contribution in [1.82, 2.24) is 44.9 Å². The molecule has 0 saturated heterocycles. The van der Waals surface area contributed by atoms with Gasteiger partial charge < -0.3 is 15.5 Å². The first kappa shape index (κ1) is 30.2. The van der Waals surface area contributed by atoms with Gasteiger partial charge in [-0.15, -0.1) is 0 Å². The summed E-state index contributed by atoms with van der Waals surface area (Å²) in [5.74, 6) is 1.14. The number of hydrogen-bond donors (Lipinski definition) is 2. The van der Waals surface area contributed by atoms with Gasteiger partial charge in [-0.2, -0.15) is 22.0 Å². The Morgan fingerprint density at radius 1 is 1.09 bits per heavy atom. The highest BCUT2D eigenvalue weighted by molar-refractivity contribution is 7.98. The SMILES string of the molecule is CSCC[C@@H]1NC(=O)CCCN(C(=O)c2cnn3cccnc23)CCn2nc(-c3ccccc3)nc2[C@@H](C(C)C)NC1=O. The summed E-state index contributed by atoms with van der Waals surface area (Å²) in [6.45, 7) is 5.01. The summed E-state index contributed by atoms with van der Waals surface area (Å²) in [5, 5.41) is 15.2. The number of rotatable bonds is 6. The Labute approximate surface area is 254 Å². The van der Waals surface area contributed by atoms with Gasteiger partial charge in [0.2, 0.25) is 11.8 Å². The number of carbonyl (C=O) groups excluding carboxylic acids is 3. The Hall–Kier alpha value is -4.26. The van der Waals surface area contributed by atoms with E-state index >= 15 is 0 Å². The fourth-order valence-electron chi connectivity index (χ4n) is 5.12. The zero-order chi connectivity index (χ0) is 30.3. The van der Waals surface area contributed by atoms with Crippen LogP contribution in [0, 0.1) is 5.92 Å². The molecule has 1 aliphatic rings. The van der Waals surface area contributed by atoms with Crippen molar-refractivity contribution in [2.75, 3.05) is 25.1 Å². The van der Waals surface area contributed by atoms with Crippen LogP contribution in [0.25, 0.3) is 17.0 Å². The van der Waals surface area contributed by atoms with Gasteiger partial charge in [0.25, 0.3) is 5.91 Å². The highest BCUT2D eigenvalue weighted by Gasteiger charge is 2.30. The van der Waals surface area contributed by atoms with Crippen LogP contribution < -0.4 is 10.6 Å². The van der Waals surface area contributed by atoms with Crippen molar-refractivity contribution in [1.29, 1.82) is 0 Å². The summed E-state index contributed by atoms with van der Waals surface area (Å²) in [5.41, 5.74) is 1.71. The molecule has 3 aromatic heterocycles. The predicted octanol–water partition coefficient (Wildman–Crippen LogP) is 2.98. The second kappa shape index (κ2) is 13.8. The minimum Gasteiger partial charge on any atom is -0.344 e. The monoisotopic (exact) mass is 603 g/mol. The van der Waals surface area contributed by atoms with E-state index in [-0.39, 0.29) is 30.1 Å². The highest BCUT2D eigenvalue weighted by atomic mass is 32.2. The number of thioether (sulfide) groups is 1. The Balaban J connectivity index is 1.53. The van der Waals surface area contributed by atoms with Crippen molar-refractivity contribution in [3.8, 4) is 11.4 Å². The summed E-state index contributed by atoms with van der Waals surface area (Å²) in [6, 6.07) is 10.3. The lowest BCUT2D eigenvalue weighted by Gasteiger charge is -2.27. The lowest BCUT2D eigenvalue weighted by Crippen LogP contribution is -2.49. The Morgan fingerprint density at radius 3 is 2.67 bits per heavy atom. The topological polar surface area (TPSA) is 139 Å². The number of benzene rings is 1. The molecule has 0 spiro atoms. The summed E-state index contributed by atoms with van der Waals surface area (Å²) >= 11 is 1.62. The summed E-state index contributed by atoms with van der Waals surface area (Å²) in [4.78, 5) is 51.4. The molecule has 5 rings (SSSR count). The minimum absolute atomic E-state index is 0.0251. The molecule has 226 valence electrons. The van der Waals surface area contributed by atoms with Crippen molar-refractivity contribution < 1.29 is 14.4 Å². The first-order valence-corrected chi connectivity index (χ1v) is 15.9. The van der Waals surface area contributed by atoms with Gasteiger partial charge in [-0.3, -0.25) is 14.4 Å². The third kappa shape index (κ3) is 7.04. The second-order valence-corrected chi connectivity index (χ2v) is 11.8. The van der Waals surface area contributed by atoms with Gasteiger partial charge in [0, 0.05) is 37.5 Å². The first-order valence-electron chi connectivity index (χ1n) is 14.5. The molecule has 0 saturated carbocycles. The Kier molecular flexibility index (Phi) is 9.70. The van der Waals surface area contributed by atoms with E-state index in [2.05, 4.69) is 20.7 Å². The van der Waals surface area contributed by atoms with E-state index in [1.807, 2.05) is 50.4 Å². The molecule has 0 unspecified atom stereocenters. The molecule has 0 aliphatic carbocycles. The lowest BCUT2D eigenvalue weighted by atomic mass is 10.0. The normalized spacial score (nSPS) is 18.7. The van der Waals surface area contributed by atoms with Gasteiger partial charge in [-0.1, -0.05) is 44.2 Å². The maximum atomic E-state index is 13.8. The molecule has 0 bridgehead atoms. The molecule has 43 heavy (non-hydrogen) atoms. The van der Waals surface area contributed by atoms with Crippen molar-refractivity contribution in [2.24, 2.45) is 5.92 Å². The molecule has 2 atom stereocenters. The van der Waals surface area contributed by atoms with Crippen LogP contribution in [-0.2, 0) is 16.1 Å². The molecule has 4 heterocycles. The zero-order valence-corrected chi connectivity index (χ0v) is 25.5. The van der Waals surface area contributed by atoms with Gasteiger partial charge in [-0.05, 0) is 36.8 Å². The Bertz CT molecular complexity index is 1570. The highest BCUT2D eigenvalue weighted by Crippen LogP contribution is 2.25. The number of hydrogen-bond acceptors (Lipinski definition) is 8. The second-order valence-electron chi connectivity index (χ2n) is 10.9. The van der Waals surface area contributed by atoms with Gasteiger partial charge >= 0.3 is 0 Å². The summed E-state index contributed by atoms with van der Waals surface area (Å²) in [6.07, 6.45) is 7.97. The lowest BCUT2D eigenvalue weighted by molar-refractivity contribution is -0.129. The molecule has 1 aliphatic heterocycles. The van der Waals surface area contributed by atoms with Gasteiger partial charge in [0.1, 0.15) is 11.6 Å². The van der Waals surface area contributed by atoms with Crippen molar-refractivity contribution >= 4 is 35.1 Å². The maximum Gasteiger partial charge on any atom is 0.259 e. The molecule has 12 nitrogen and oxygen atoms in total.